The summed E-state index contributed by atoms with van der Waals surface area (Å²) >= 11 is 0. The van der Waals surface area contributed by atoms with E-state index in [0.29, 0.717) is 0 Å². The van der Waals surface area contributed by atoms with Gasteiger partial charge in [-0.2, -0.15) is 0 Å². The Balaban J connectivity index is 0.000000141. The summed E-state index contributed by atoms with van der Waals surface area (Å²) in [5.74, 6) is 0. The summed E-state index contributed by atoms with van der Waals surface area (Å²) < 4.78 is 0. The lowest BCUT2D eigenvalue weighted by molar-refractivity contribution is 1.38. The van der Waals surface area contributed by atoms with Crippen LogP contribution in [-0.4, -0.2) is 0 Å². The molecule has 0 heteroatoms. The van der Waals surface area contributed by atoms with Crippen LogP contribution in [0.15, 0.2) is 72.8 Å². The van der Waals surface area contributed by atoms with Crippen molar-refractivity contribution in [2.45, 2.75) is 27.7 Å². The molecule has 0 saturated carbocycles. The van der Waals surface area contributed by atoms with Crippen LogP contribution in [0.25, 0.3) is 22.3 Å². The summed E-state index contributed by atoms with van der Waals surface area (Å²) in [6.45, 7) is 8.67. The minimum Gasteiger partial charge on any atom is -0.0622 e. The van der Waals surface area contributed by atoms with Crippen molar-refractivity contribution < 1.29 is 0 Å². The molecule has 24 heavy (non-hydrogen) atoms. The van der Waals surface area contributed by atoms with Crippen molar-refractivity contribution in [2.24, 2.45) is 0 Å². The van der Waals surface area contributed by atoms with Gasteiger partial charge < -0.3 is 0 Å². The second-order valence-electron chi connectivity index (χ2n) is 6.46. The Morgan fingerprint density at radius 3 is 1.79 bits per heavy atom. The first kappa shape index (κ1) is 16.3. The predicted octanol–water partition coefficient (Wildman–Crippen LogP) is 6.82. The molecule has 120 valence electrons. The van der Waals surface area contributed by atoms with Gasteiger partial charge in [0.1, 0.15) is 0 Å². The predicted molar refractivity (Wildman–Crippen MR) is 105 cm³/mol. The highest BCUT2D eigenvalue weighted by Gasteiger charge is 2.06. The lowest BCUT2D eigenvalue weighted by Gasteiger charge is -1.98. The van der Waals surface area contributed by atoms with Crippen molar-refractivity contribution in [3.8, 4) is 22.3 Å². The summed E-state index contributed by atoms with van der Waals surface area (Å²) in [5, 5.41) is 0. The zero-order chi connectivity index (χ0) is 17.1. The van der Waals surface area contributed by atoms with E-state index in [0.717, 1.165) is 0 Å². The molecule has 0 aromatic rings. The highest BCUT2D eigenvalue weighted by Crippen LogP contribution is 2.29. The highest BCUT2D eigenvalue weighted by molar-refractivity contribution is 5.72. The molecule has 0 N–H and O–H groups in total. The molecule has 0 fully saturated rings. The molecular weight excluding hydrogens is 288 g/mol. The summed E-state index contributed by atoms with van der Waals surface area (Å²) in [6.07, 6.45) is 0. The molecular formula is C24H24. The van der Waals surface area contributed by atoms with Gasteiger partial charge >= 0.3 is 0 Å². The first-order valence-electron chi connectivity index (χ1n) is 8.48. The summed E-state index contributed by atoms with van der Waals surface area (Å²) in [6, 6.07) is 25.7. The molecule has 0 spiro atoms. The molecule has 0 aromatic carbocycles. The number of rotatable bonds is 0. The van der Waals surface area contributed by atoms with Crippen LogP contribution in [0.4, 0.5) is 0 Å². The van der Waals surface area contributed by atoms with Crippen LogP contribution in [0.3, 0.4) is 0 Å². The molecule has 0 aromatic heterocycles. The zero-order valence-corrected chi connectivity index (χ0v) is 14.9. The van der Waals surface area contributed by atoms with Gasteiger partial charge in [0.2, 0.25) is 0 Å². The SMILES string of the molecule is Cc1cc2cccccc-2c1C.Cc1cccc2cccc-2c1C. The summed E-state index contributed by atoms with van der Waals surface area (Å²) in [5.41, 5.74) is 11.0. The maximum atomic E-state index is 2.24. The van der Waals surface area contributed by atoms with Gasteiger partial charge in [0.25, 0.3) is 0 Å². The van der Waals surface area contributed by atoms with Crippen LogP contribution in [-0.2, 0) is 0 Å². The van der Waals surface area contributed by atoms with Crippen LogP contribution < -0.4 is 0 Å². The highest BCUT2D eigenvalue weighted by atomic mass is 14.1. The fourth-order valence-corrected chi connectivity index (χ4v) is 3.14. The van der Waals surface area contributed by atoms with Crippen LogP contribution >= 0.6 is 0 Å². The summed E-state index contributed by atoms with van der Waals surface area (Å²) in [4.78, 5) is 0. The van der Waals surface area contributed by atoms with Gasteiger partial charge in [-0.05, 0) is 72.2 Å². The minimum absolute atomic E-state index is 1.33. The second-order valence-corrected chi connectivity index (χ2v) is 6.46. The van der Waals surface area contributed by atoms with Crippen molar-refractivity contribution in [1.82, 2.24) is 0 Å². The van der Waals surface area contributed by atoms with Crippen molar-refractivity contribution in [2.75, 3.05) is 0 Å². The maximum Gasteiger partial charge on any atom is -0.0152 e. The molecule has 0 radical (unpaired) electrons. The van der Waals surface area contributed by atoms with Gasteiger partial charge in [-0.25, -0.2) is 0 Å². The Morgan fingerprint density at radius 2 is 1.00 bits per heavy atom. The minimum atomic E-state index is 1.33. The Morgan fingerprint density at radius 1 is 0.458 bits per heavy atom. The number of aryl methyl sites for hydroxylation is 2. The van der Waals surface area contributed by atoms with Crippen LogP contribution in [0.5, 0.6) is 0 Å². The average Bonchev–Trinajstić information content (AvgIpc) is 3.00. The third-order valence-electron chi connectivity index (χ3n) is 4.91. The smallest absolute Gasteiger partial charge is 0.0152 e. The molecule has 0 saturated heterocycles. The fraction of sp³-hybridized carbons (Fsp3) is 0.167. The van der Waals surface area contributed by atoms with Crippen molar-refractivity contribution >= 4 is 0 Å². The van der Waals surface area contributed by atoms with E-state index in [4.69, 9.17) is 0 Å². The topological polar surface area (TPSA) is 0 Å². The van der Waals surface area contributed by atoms with Gasteiger partial charge in [0.15, 0.2) is 0 Å². The van der Waals surface area contributed by atoms with E-state index in [1.54, 1.807) is 0 Å². The van der Waals surface area contributed by atoms with E-state index in [9.17, 15) is 0 Å². The Kier molecular flexibility index (Phi) is 4.66. The molecule has 0 aliphatic heterocycles. The molecule has 4 rings (SSSR count). The molecule has 0 atom stereocenters. The Bertz CT molecular complexity index is 901. The number of fused-ring (bicyclic) bond motifs is 2. The Labute approximate surface area is 145 Å². The van der Waals surface area contributed by atoms with E-state index in [-0.39, 0.29) is 0 Å². The van der Waals surface area contributed by atoms with Crippen LogP contribution in [0.2, 0.25) is 0 Å². The number of hydrogen-bond acceptors (Lipinski definition) is 0. The first-order chi connectivity index (χ1) is 11.6. The molecule has 0 unspecified atom stereocenters. The van der Waals surface area contributed by atoms with Gasteiger partial charge in [0.05, 0.1) is 0 Å². The summed E-state index contributed by atoms with van der Waals surface area (Å²) in [7, 11) is 0. The molecule has 0 heterocycles. The molecule has 0 bridgehead atoms. The third kappa shape index (κ3) is 3.19. The van der Waals surface area contributed by atoms with Crippen molar-refractivity contribution in [3.63, 3.8) is 0 Å². The molecule has 0 nitrogen and oxygen atoms in total. The third-order valence-corrected chi connectivity index (χ3v) is 4.91. The first-order valence-corrected chi connectivity index (χ1v) is 8.48. The maximum absolute atomic E-state index is 2.24. The molecule has 4 aliphatic rings. The standard InChI is InChI=1S/2C12H12/c1-9-5-3-6-11-7-4-8-12(11)10(9)2;1-9-8-11-6-4-3-5-7-12(11)10(9)2/h2*3-8H,1-2H3. The monoisotopic (exact) mass is 312 g/mol. The second kappa shape index (κ2) is 6.88. The normalized spacial score (nSPS) is 10.5. The lowest BCUT2D eigenvalue weighted by atomic mass is 10.1. The quantitative estimate of drug-likeness (QED) is 0.334. The van der Waals surface area contributed by atoms with E-state index in [1.807, 2.05) is 0 Å². The Hall–Kier alpha value is -2.60. The van der Waals surface area contributed by atoms with Crippen LogP contribution in [0, 0.1) is 27.7 Å². The van der Waals surface area contributed by atoms with Crippen molar-refractivity contribution in [1.29, 1.82) is 0 Å². The van der Waals surface area contributed by atoms with Gasteiger partial charge in [-0.3, -0.25) is 0 Å². The van der Waals surface area contributed by atoms with Crippen LogP contribution in [0.1, 0.15) is 22.3 Å². The van der Waals surface area contributed by atoms with E-state index < -0.39 is 0 Å². The molecule has 0 amide bonds. The van der Waals surface area contributed by atoms with E-state index in [1.165, 1.54) is 44.5 Å². The van der Waals surface area contributed by atoms with E-state index in [2.05, 4.69) is 100 Å². The lowest BCUT2D eigenvalue weighted by Crippen LogP contribution is -1.77. The molecule has 4 aliphatic carbocycles. The average molecular weight is 312 g/mol. The zero-order valence-electron chi connectivity index (χ0n) is 14.9. The number of hydrogen-bond donors (Lipinski definition) is 0. The van der Waals surface area contributed by atoms with Gasteiger partial charge in [-0.1, -0.05) is 72.8 Å². The van der Waals surface area contributed by atoms with Gasteiger partial charge in [-0.15, -0.1) is 0 Å². The van der Waals surface area contributed by atoms with E-state index >= 15 is 0 Å². The van der Waals surface area contributed by atoms with Crippen molar-refractivity contribution in [3.05, 3.63) is 95.1 Å². The largest absolute Gasteiger partial charge is 0.0622 e. The fourth-order valence-electron chi connectivity index (χ4n) is 3.14. The van der Waals surface area contributed by atoms with Gasteiger partial charge in [0, 0.05) is 0 Å².